The molecule has 0 radical (unpaired) electrons. The summed E-state index contributed by atoms with van der Waals surface area (Å²) in [6.45, 7) is 4.29. The van der Waals surface area contributed by atoms with Gasteiger partial charge in [0.25, 0.3) is 0 Å². The minimum absolute atomic E-state index is 0.221. The van der Waals surface area contributed by atoms with E-state index < -0.39 is 49.0 Å². The maximum Gasteiger partial charge on any atom is 0.220 e. The number of rotatable bonds is 46. The van der Waals surface area contributed by atoms with E-state index in [2.05, 4.69) is 19.2 Å². The van der Waals surface area contributed by atoms with Gasteiger partial charge in [0.05, 0.1) is 24.9 Å². The van der Waals surface area contributed by atoms with Gasteiger partial charge in [-0.15, -0.1) is 11.8 Å². The molecule has 1 fully saturated rings. The van der Waals surface area contributed by atoms with Gasteiger partial charge in [-0.1, -0.05) is 250 Å². The number of nitrogens with one attached hydrogen (secondary N) is 1. The van der Waals surface area contributed by atoms with Crippen molar-refractivity contribution in [1.82, 2.24) is 5.32 Å². The number of aliphatic hydroxyl groups is 5. The van der Waals surface area contributed by atoms with Crippen molar-refractivity contribution in [1.29, 1.82) is 0 Å². The van der Waals surface area contributed by atoms with Gasteiger partial charge in [0.2, 0.25) is 5.91 Å². The number of amides is 1. The van der Waals surface area contributed by atoms with E-state index in [4.69, 9.17) is 9.47 Å². The summed E-state index contributed by atoms with van der Waals surface area (Å²) >= 11 is 1.46. The van der Waals surface area contributed by atoms with Crippen LogP contribution in [0.25, 0.3) is 0 Å². The first-order chi connectivity index (χ1) is 32.3. The van der Waals surface area contributed by atoms with Crippen LogP contribution in [0, 0.1) is 0 Å². The van der Waals surface area contributed by atoms with Gasteiger partial charge in [0.15, 0.2) is 6.29 Å². The van der Waals surface area contributed by atoms with Crippen molar-refractivity contribution in [3.63, 3.8) is 0 Å². The largest absolute Gasteiger partial charge is 0.390 e. The fourth-order valence-corrected chi connectivity index (χ4v) is 10.3. The topological polar surface area (TPSA) is 149 Å². The Morgan fingerprint density at radius 1 is 0.561 bits per heavy atom. The molecule has 3 unspecified atom stereocenters. The van der Waals surface area contributed by atoms with Crippen LogP contribution in [-0.4, -0.2) is 92.8 Å². The van der Waals surface area contributed by atoms with E-state index >= 15 is 0 Å². The third-order valence-corrected chi connectivity index (χ3v) is 14.9. The monoisotopic (exact) mass is 950 g/mol. The van der Waals surface area contributed by atoms with E-state index in [9.17, 15) is 30.3 Å². The zero-order chi connectivity index (χ0) is 47.7. The fourth-order valence-electron chi connectivity index (χ4n) is 9.29. The molecule has 2 rings (SSSR count). The molecule has 0 saturated carbocycles. The summed E-state index contributed by atoms with van der Waals surface area (Å²) < 4.78 is 11.9. The van der Waals surface area contributed by atoms with Crippen molar-refractivity contribution in [3.8, 4) is 0 Å². The quantitative estimate of drug-likeness (QED) is 0.0277. The van der Waals surface area contributed by atoms with Crippen molar-refractivity contribution < 1.29 is 39.8 Å². The molecule has 10 heteroatoms. The second kappa shape index (κ2) is 42.6. The Morgan fingerprint density at radius 2 is 0.955 bits per heavy atom. The number of unbranched alkanes of at least 4 members (excludes halogenated alkanes) is 33. The average molecular weight is 951 g/mol. The zero-order valence-corrected chi connectivity index (χ0v) is 43.3. The molecular formula is C56H103NO8S. The molecular weight excluding hydrogens is 847 g/mol. The lowest BCUT2D eigenvalue weighted by Gasteiger charge is -2.41. The van der Waals surface area contributed by atoms with Gasteiger partial charge in [-0.05, 0) is 25.0 Å². The fraction of sp³-hybridized carbons (Fsp3) is 0.875. The summed E-state index contributed by atoms with van der Waals surface area (Å²) in [7, 11) is 0. The van der Waals surface area contributed by atoms with Crippen molar-refractivity contribution >= 4 is 17.7 Å². The van der Waals surface area contributed by atoms with Gasteiger partial charge in [0.1, 0.15) is 24.4 Å². The Bertz CT molecular complexity index is 1210. The molecule has 0 spiro atoms. The minimum Gasteiger partial charge on any atom is -0.390 e. The average Bonchev–Trinajstić information content (AvgIpc) is 3.32. The van der Waals surface area contributed by atoms with Crippen molar-refractivity contribution in [3.05, 3.63) is 30.3 Å². The molecule has 1 saturated heterocycles. The molecule has 0 aromatic heterocycles. The van der Waals surface area contributed by atoms with Gasteiger partial charge in [-0.25, -0.2) is 0 Å². The summed E-state index contributed by atoms with van der Waals surface area (Å²) in [5, 5.41) is 57.6. The van der Waals surface area contributed by atoms with Crippen LogP contribution in [0.1, 0.15) is 251 Å². The van der Waals surface area contributed by atoms with E-state index in [1.165, 1.54) is 198 Å². The second-order valence-electron chi connectivity index (χ2n) is 19.9. The first-order valence-corrected chi connectivity index (χ1v) is 28.9. The first-order valence-electron chi connectivity index (χ1n) is 27.9. The Morgan fingerprint density at radius 3 is 1.38 bits per heavy atom. The van der Waals surface area contributed by atoms with Crippen LogP contribution in [0.5, 0.6) is 0 Å². The summed E-state index contributed by atoms with van der Waals surface area (Å²) in [5.41, 5.74) is 0. The van der Waals surface area contributed by atoms with Gasteiger partial charge >= 0.3 is 0 Å². The Hall–Kier alpha value is -1.24. The van der Waals surface area contributed by atoms with E-state index in [-0.39, 0.29) is 12.5 Å². The Kier molecular flexibility index (Phi) is 39.3. The molecule has 386 valence electrons. The van der Waals surface area contributed by atoms with Gasteiger partial charge in [0, 0.05) is 17.1 Å². The SMILES string of the molecule is CCCCCCCCCCCCCCCCCCCCCCCCCC(=O)N[C@@H](CO[C@H]1OC(CSc2ccccc2)[C@H](O)[C@H](O)C1O)C(O)[C@H](O)CCCCCCCCCCCCCC. The third-order valence-electron chi connectivity index (χ3n) is 13.8. The molecule has 0 aliphatic carbocycles. The number of hydrogen-bond acceptors (Lipinski definition) is 9. The van der Waals surface area contributed by atoms with Crippen LogP contribution >= 0.6 is 11.8 Å². The predicted octanol–water partition coefficient (Wildman–Crippen LogP) is 13.3. The van der Waals surface area contributed by atoms with E-state index in [0.29, 0.717) is 18.6 Å². The normalized spacial score (nSPS) is 20.1. The standard InChI is InChI=1S/C56H103NO8S/c1-3-5-7-9-11-13-15-17-18-19-20-21-22-23-24-25-26-27-29-31-33-35-40-44-51(59)57-48(52(60)49(58)43-39-34-32-30-28-16-14-12-10-8-6-4-2)45-64-56-55(63)54(62)53(61)50(65-56)46-66-47-41-37-36-38-42-47/h36-38,41-42,48-50,52-56,58,60-63H,3-35,39-40,43-46H2,1-2H3,(H,57,59)/t48-,49+,50?,52?,53-,54-,55?,56-/m0/s1. The van der Waals surface area contributed by atoms with E-state index in [1.54, 1.807) is 0 Å². The number of aliphatic hydroxyl groups excluding tert-OH is 5. The van der Waals surface area contributed by atoms with Crippen LogP contribution in [0.2, 0.25) is 0 Å². The van der Waals surface area contributed by atoms with Crippen LogP contribution in [0.3, 0.4) is 0 Å². The number of carbonyl (C=O) groups is 1. The van der Waals surface area contributed by atoms with Crippen molar-refractivity contribution in [2.75, 3.05) is 12.4 Å². The molecule has 1 heterocycles. The molecule has 6 N–H and O–H groups in total. The van der Waals surface area contributed by atoms with Gasteiger partial charge in [-0.3, -0.25) is 4.79 Å². The molecule has 1 amide bonds. The summed E-state index contributed by atoms with van der Waals surface area (Å²) in [6.07, 6.45) is 36.6. The number of benzene rings is 1. The second-order valence-corrected chi connectivity index (χ2v) is 21.0. The molecule has 9 nitrogen and oxygen atoms in total. The lowest BCUT2D eigenvalue weighted by molar-refractivity contribution is -0.294. The van der Waals surface area contributed by atoms with Crippen molar-refractivity contribution in [2.45, 2.75) is 305 Å². The van der Waals surface area contributed by atoms with Crippen LogP contribution in [-0.2, 0) is 14.3 Å². The number of ether oxygens (including phenoxy) is 2. The van der Waals surface area contributed by atoms with Gasteiger partial charge < -0.3 is 40.3 Å². The first kappa shape index (κ1) is 60.9. The predicted molar refractivity (Wildman–Crippen MR) is 276 cm³/mol. The molecule has 1 aromatic rings. The maximum absolute atomic E-state index is 13.2. The molecule has 0 bridgehead atoms. The number of hydrogen-bond donors (Lipinski definition) is 6. The van der Waals surface area contributed by atoms with Crippen LogP contribution in [0.15, 0.2) is 35.2 Å². The third kappa shape index (κ3) is 31.1. The van der Waals surface area contributed by atoms with Gasteiger partial charge in [-0.2, -0.15) is 0 Å². The molecule has 1 aromatic carbocycles. The smallest absolute Gasteiger partial charge is 0.220 e. The molecule has 8 atom stereocenters. The zero-order valence-electron chi connectivity index (χ0n) is 42.5. The lowest BCUT2D eigenvalue weighted by atomic mass is 9.98. The highest BCUT2D eigenvalue weighted by Gasteiger charge is 2.44. The minimum atomic E-state index is -1.54. The van der Waals surface area contributed by atoms with Crippen LogP contribution < -0.4 is 5.32 Å². The molecule has 66 heavy (non-hydrogen) atoms. The van der Waals surface area contributed by atoms with E-state index in [0.717, 1.165) is 43.4 Å². The highest BCUT2D eigenvalue weighted by molar-refractivity contribution is 7.99. The van der Waals surface area contributed by atoms with Crippen molar-refractivity contribution in [2.24, 2.45) is 0 Å². The van der Waals surface area contributed by atoms with Crippen LogP contribution in [0.4, 0.5) is 0 Å². The Balaban J connectivity index is 1.67. The number of carbonyl (C=O) groups excluding carboxylic acids is 1. The summed E-state index contributed by atoms with van der Waals surface area (Å²) in [4.78, 5) is 14.2. The maximum atomic E-state index is 13.2. The summed E-state index contributed by atoms with van der Waals surface area (Å²) in [5.74, 6) is 0.0935. The van der Waals surface area contributed by atoms with E-state index in [1.807, 2.05) is 30.3 Å². The summed E-state index contributed by atoms with van der Waals surface area (Å²) in [6, 6.07) is 8.69. The number of thioether (sulfide) groups is 1. The molecule has 1 aliphatic rings. The molecule has 1 aliphatic heterocycles. The highest BCUT2D eigenvalue weighted by Crippen LogP contribution is 2.28. The highest BCUT2D eigenvalue weighted by atomic mass is 32.2. The lowest BCUT2D eigenvalue weighted by Crippen LogP contribution is -2.60. The Labute approximate surface area is 409 Å².